The van der Waals surface area contributed by atoms with Crippen molar-refractivity contribution in [2.24, 2.45) is 0 Å². The lowest BCUT2D eigenvalue weighted by Gasteiger charge is -2.10. The van der Waals surface area contributed by atoms with Crippen LogP contribution < -0.4 is 10.6 Å². The van der Waals surface area contributed by atoms with Crippen LogP contribution in [0, 0.1) is 13.8 Å². The van der Waals surface area contributed by atoms with Gasteiger partial charge in [0.15, 0.2) is 11.5 Å². The fourth-order valence-corrected chi connectivity index (χ4v) is 2.58. The van der Waals surface area contributed by atoms with Gasteiger partial charge in [-0.15, -0.1) is 10.2 Å². The molecule has 7 nitrogen and oxygen atoms in total. The van der Waals surface area contributed by atoms with Gasteiger partial charge in [0.1, 0.15) is 0 Å². The van der Waals surface area contributed by atoms with Gasteiger partial charge in [-0.05, 0) is 61.4 Å². The predicted octanol–water partition coefficient (Wildman–Crippen LogP) is 3.88. The third-order valence-corrected chi connectivity index (χ3v) is 4.31. The van der Waals surface area contributed by atoms with Crippen molar-refractivity contribution in [3.8, 4) is 0 Å². The maximum absolute atomic E-state index is 12.4. The number of nitrogens with zero attached hydrogens (tertiary/aromatic N) is 2. The minimum Gasteiger partial charge on any atom is -0.465 e. The van der Waals surface area contributed by atoms with Gasteiger partial charge >= 0.3 is 5.97 Å². The van der Waals surface area contributed by atoms with Crippen molar-refractivity contribution in [1.82, 2.24) is 10.2 Å². The molecule has 28 heavy (non-hydrogen) atoms. The molecule has 7 heteroatoms. The number of methoxy groups -OCH3 is 1. The number of esters is 1. The van der Waals surface area contributed by atoms with Gasteiger partial charge < -0.3 is 15.4 Å². The number of aryl methyl sites for hydroxylation is 1. The highest BCUT2D eigenvalue weighted by Gasteiger charge is 2.11. The van der Waals surface area contributed by atoms with Crippen LogP contribution in [-0.2, 0) is 4.74 Å². The molecule has 0 aliphatic carbocycles. The van der Waals surface area contributed by atoms with Crippen molar-refractivity contribution >= 4 is 29.1 Å². The van der Waals surface area contributed by atoms with Gasteiger partial charge in [-0.25, -0.2) is 4.79 Å². The molecule has 0 aliphatic heterocycles. The number of hydrogen-bond donors (Lipinski definition) is 2. The lowest BCUT2D eigenvalue weighted by molar-refractivity contribution is 0.0600. The van der Waals surface area contributed by atoms with Gasteiger partial charge in [0, 0.05) is 11.4 Å². The number of ether oxygens (including phenoxy) is 1. The van der Waals surface area contributed by atoms with Crippen molar-refractivity contribution in [3.63, 3.8) is 0 Å². The Labute approximate surface area is 162 Å². The summed E-state index contributed by atoms with van der Waals surface area (Å²) in [5.74, 6) is -0.307. The third-order valence-electron chi connectivity index (χ3n) is 4.31. The van der Waals surface area contributed by atoms with Gasteiger partial charge in [0.05, 0.1) is 12.7 Å². The summed E-state index contributed by atoms with van der Waals surface area (Å²) in [5.41, 5.74) is 4.13. The second-order valence-corrected chi connectivity index (χ2v) is 6.20. The van der Waals surface area contributed by atoms with Crippen LogP contribution in [0.5, 0.6) is 0 Å². The molecule has 3 rings (SSSR count). The molecule has 0 bridgehead atoms. The molecular weight excluding hydrogens is 356 g/mol. The molecule has 0 fully saturated rings. The Morgan fingerprint density at radius 1 is 0.964 bits per heavy atom. The van der Waals surface area contributed by atoms with E-state index in [1.807, 2.05) is 32.0 Å². The molecular formula is C21H20N4O3. The highest BCUT2D eigenvalue weighted by atomic mass is 16.5. The summed E-state index contributed by atoms with van der Waals surface area (Å²) in [6.07, 6.45) is 0. The second-order valence-electron chi connectivity index (χ2n) is 6.20. The minimum atomic E-state index is -0.423. The molecule has 0 unspecified atom stereocenters. The van der Waals surface area contributed by atoms with Crippen molar-refractivity contribution in [2.45, 2.75) is 13.8 Å². The SMILES string of the molecule is COC(=O)c1cccc(Nc2ccc(C(=O)Nc3cccc(C)c3C)nn2)c1. The van der Waals surface area contributed by atoms with E-state index in [9.17, 15) is 9.59 Å². The summed E-state index contributed by atoms with van der Waals surface area (Å²) in [5, 5.41) is 13.9. The number of carbonyl (C=O) groups excluding carboxylic acids is 2. The molecule has 0 radical (unpaired) electrons. The standard InChI is InChI=1S/C21H20N4O3/c1-13-6-4-9-17(14(13)2)23-20(26)18-10-11-19(25-24-18)22-16-8-5-7-15(12-16)21(27)28-3/h4-12H,1-3H3,(H,22,25)(H,23,26). The topological polar surface area (TPSA) is 93.2 Å². The zero-order valence-electron chi connectivity index (χ0n) is 15.8. The summed E-state index contributed by atoms with van der Waals surface area (Å²) in [6, 6.07) is 15.8. The minimum absolute atomic E-state index is 0.203. The van der Waals surface area contributed by atoms with Gasteiger partial charge in [-0.2, -0.15) is 0 Å². The number of nitrogens with one attached hydrogen (secondary N) is 2. The van der Waals surface area contributed by atoms with E-state index in [4.69, 9.17) is 4.74 Å². The Balaban J connectivity index is 1.70. The van der Waals surface area contributed by atoms with Crippen molar-refractivity contribution in [1.29, 1.82) is 0 Å². The first-order valence-electron chi connectivity index (χ1n) is 8.64. The summed E-state index contributed by atoms with van der Waals surface area (Å²) in [7, 11) is 1.33. The largest absolute Gasteiger partial charge is 0.465 e. The molecule has 0 saturated heterocycles. The molecule has 0 atom stereocenters. The Morgan fingerprint density at radius 3 is 2.46 bits per heavy atom. The van der Waals surface area contributed by atoms with Gasteiger partial charge in [-0.3, -0.25) is 4.79 Å². The first kappa shape index (κ1) is 19.0. The normalized spacial score (nSPS) is 10.2. The quantitative estimate of drug-likeness (QED) is 0.657. The average molecular weight is 376 g/mol. The lowest BCUT2D eigenvalue weighted by Crippen LogP contribution is -2.15. The van der Waals surface area contributed by atoms with Crippen molar-refractivity contribution < 1.29 is 14.3 Å². The summed E-state index contributed by atoms with van der Waals surface area (Å²) >= 11 is 0. The zero-order chi connectivity index (χ0) is 20.1. The van der Waals surface area contributed by atoms with Crippen LogP contribution in [0.1, 0.15) is 32.0 Å². The monoisotopic (exact) mass is 376 g/mol. The van der Waals surface area contributed by atoms with E-state index in [0.717, 1.165) is 16.8 Å². The number of hydrogen-bond acceptors (Lipinski definition) is 6. The fourth-order valence-electron chi connectivity index (χ4n) is 2.58. The molecule has 1 amide bonds. The summed E-state index contributed by atoms with van der Waals surface area (Å²) in [4.78, 5) is 24.0. The van der Waals surface area contributed by atoms with Crippen LogP contribution in [0.15, 0.2) is 54.6 Å². The van der Waals surface area contributed by atoms with Crippen LogP contribution in [0.3, 0.4) is 0 Å². The first-order chi connectivity index (χ1) is 13.5. The highest BCUT2D eigenvalue weighted by Crippen LogP contribution is 2.19. The van der Waals surface area contributed by atoms with Crippen LogP contribution >= 0.6 is 0 Å². The van der Waals surface area contributed by atoms with Crippen molar-refractivity contribution in [3.05, 3.63) is 77.0 Å². The Kier molecular flexibility index (Phi) is 5.64. The molecule has 3 aromatic rings. The molecule has 1 heterocycles. The highest BCUT2D eigenvalue weighted by molar-refractivity contribution is 6.03. The number of carbonyl (C=O) groups is 2. The number of benzene rings is 2. The predicted molar refractivity (Wildman–Crippen MR) is 107 cm³/mol. The number of amides is 1. The Hall–Kier alpha value is -3.74. The maximum Gasteiger partial charge on any atom is 0.337 e. The van der Waals surface area contributed by atoms with E-state index < -0.39 is 5.97 Å². The van der Waals surface area contributed by atoms with E-state index in [0.29, 0.717) is 17.1 Å². The van der Waals surface area contributed by atoms with E-state index >= 15 is 0 Å². The smallest absolute Gasteiger partial charge is 0.337 e. The van der Waals surface area contributed by atoms with Crippen molar-refractivity contribution in [2.75, 3.05) is 17.7 Å². The van der Waals surface area contributed by atoms with E-state index in [-0.39, 0.29) is 11.6 Å². The summed E-state index contributed by atoms with van der Waals surface area (Å²) < 4.78 is 4.71. The van der Waals surface area contributed by atoms with Crippen LogP contribution in [0.2, 0.25) is 0 Å². The number of rotatable bonds is 5. The molecule has 142 valence electrons. The molecule has 0 spiro atoms. The number of aromatic nitrogens is 2. The van der Waals surface area contributed by atoms with E-state index in [2.05, 4.69) is 20.8 Å². The van der Waals surface area contributed by atoms with Gasteiger partial charge in [0.2, 0.25) is 0 Å². The van der Waals surface area contributed by atoms with E-state index in [1.54, 1.807) is 36.4 Å². The molecule has 2 aromatic carbocycles. The van der Waals surface area contributed by atoms with Crippen LogP contribution in [0.25, 0.3) is 0 Å². The average Bonchev–Trinajstić information content (AvgIpc) is 2.71. The van der Waals surface area contributed by atoms with E-state index in [1.165, 1.54) is 7.11 Å². The lowest BCUT2D eigenvalue weighted by atomic mass is 10.1. The van der Waals surface area contributed by atoms with Crippen LogP contribution in [0.4, 0.5) is 17.2 Å². The molecule has 2 N–H and O–H groups in total. The third kappa shape index (κ3) is 4.32. The Morgan fingerprint density at radius 2 is 1.75 bits per heavy atom. The molecule has 0 saturated carbocycles. The maximum atomic E-state index is 12.4. The van der Waals surface area contributed by atoms with Gasteiger partial charge in [0.25, 0.3) is 5.91 Å². The molecule has 0 aliphatic rings. The first-order valence-corrected chi connectivity index (χ1v) is 8.64. The molecule has 1 aromatic heterocycles. The summed E-state index contributed by atoms with van der Waals surface area (Å²) in [6.45, 7) is 3.94. The number of anilines is 3. The fraction of sp³-hybridized carbons (Fsp3) is 0.143. The van der Waals surface area contributed by atoms with Gasteiger partial charge in [-0.1, -0.05) is 18.2 Å². The second kappa shape index (κ2) is 8.30. The zero-order valence-corrected chi connectivity index (χ0v) is 15.8. The van der Waals surface area contributed by atoms with Crippen LogP contribution in [-0.4, -0.2) is 29.2 Å². The Bertz CT molecular complexity index is 1020.